The number of aromatic nitrogens is 3. The van der Waals surface area contributed by atoms with Crippen LogP contribution in [0.4, 0.5) is 10.2 Å². The molecule has 0 spiro atoms. The van der Waals surface area contributed by atoms with Gasteiger partial charge >= 0.3 is 0 Å². The molecular formula is C23H23Cl2FN6O. The van der Waals surface area contributed by atoms with Crippen LogP contribution >= 0.6 is 23.2 Å². The molecule has 0 radical (unpaired) electrons. The van der Waals surface area contributed by atoms with Crippen LogP contribution in [-0.2, 0) is 5.54 Å². The van der Waals surface area contributed by atoms with Gasteiger partial charge in [0.1, 0.15) is 11.9 Å². The standard InChI is InChI=1S/C23H23Cl2FN6O/c1-14(20-17(24)2-3-18(26)21(20)25)33-19-10-15(11-30-22(19)28)16-12-31-32(13-16)23(4-7-27)5-8-29-9-6-23/h2-3,10-14,29H,4-6,8-9H2,1H3,(H2,28,30). The Morgan fingerprint density at radius 1 is 1.30 bits per heavy atom. The van der Waals surface area contributed by atoms with Crippen LogP contribution in [0.2, 0.25) is 10.0 Å². The van der Waals surface area contributed by atoms with Gasteiger partial charge in [-0.05, 0) is 51.1 Å². The normalized spacial score (nSPS) is 16.2. The first-order valence-corrected chi connectivity index (χ1v) is 11.3. The topological polar surface area (TPSA) is 102 Å². The van der Waals surface area contributed by atoms with E-state index in [4.69, 9.17) is 33.7 Å². The van der Waals surface area contributed by atoms with Gasteiger partial charge in [-0.25, -0.2) is 9.37 Å². The summed E-state index contributed by atoms with van der Waals surface area (Å²) in [5.74, 6) is -0.0818. The second-order valence-electron chi connectivity index (χ2n) is 8.11. The lowest BCUT2D eigenvalue weighted by molar-refractivity contribution is 0.189. The van der Waals surface area contributed by atoms with E-state index >= 15 is 0 Å². The van der Waals surface area contributed by atoms with Crippen LogP contribution in [0.1, 0.15) is 37.9 Å². The Kier molecular flexibility index (Phi) is 6.75. The molecule has 1 aliphatic heterocycles. The maximum Gasteiger partial charge on any atom is 0.166 e. The summed E-state index contributed by atoms with van der Waals surface area (Å²) in [6.07, 6.45) is 6.65. The minimum absolute atomic E-state index is 0.0938. The Bertz CT molecular complexity index is 1200. The van der Waals surface area contributed by atoms with E-state index in [1.807, 2.05) is 10.9 Å². The molecule has 3 heterocycles. The second kappa shape index (κ2) is 9.56. The molecule has 1 atom stereocenters. The molecule has 3 aromatic rings. The lowest BCUT2D eigenvalue weighted by Gasteiger charge is -2.36. The first-order chi connectivity index (χ1) is 15.8. The van der Waals surface area contributed by atoms with Gasteiger partial charge in [-0.3, -0.25) is 4.68 Å². The summed E-state index contributed by atoms with van der Waals surface area (Å²) in [6, 6.07) is 6.70. The number of nitrogens with one attached hydrogen (secondary N) is 1. The number of nitrogens with two attached hydrogens (primary N) is 1. The van der Waals surface area contributed by atoms with Crippen LogP contribution in [0.5, 0.6) is 5.75 Å². The van der Waals surface area contributed by atoms with E-state index in [1.54, 1.807) is 25.4 Å². The van der Waals surface area contributed by atoms with Gasteiger partial charge < -0.3 is 15.8 Å². The van der Waals surface area contributed by atoms with Gasteiger partial charge in [0.05, 0.1) is 29.2 Å². The largest absolute Gasteiger partial charge is 0.482 e. The Morgan fingerprint density at radius 2 is 2.06 bits per heavy atom. The zero-order valence-electron chi connectivity index (χ0n) is 18.0. The van der Waals surface area contributed by atoms with Crippen molar-refractivity contribution in [3.8, 4) is 22.9 Å². The van der Waals surface area contributed by atoms with Gasteiger partial charge in [0.25, 0.3) is 0 Å². The minimum atomic E-state index is -0.670. The Morgan fingerprint density at radius 3 is 2.79 bits per heavy atom. The summed E-state index contributed by atoms with van der Waals surface area (Å²) in [7, 11) is 0. The maximum absolute atomic E-state index is 13.9. The van der Waals surface area contributed by atoms with Crippen molar-refractivity contribution in [1.29, 1.82) is 5.26 Å². The van der Waals surface area contributed by atoms with Crippen molar-refractivity contribution < 1.29 is 9.13 Å². The molecule has 172 valence electrons. The zero-order chi connectivity index (χ0) is 23.6. The third kappa shape index (κ3) is 4.62. The Labute approximate surface area is 201 Å². The van der Waals surface area contributed by atoms with Crippen molar-refractivity contribution in [2.24, 2.45) is 0 Å². The Balaban J connectivity index is 1.62. The van der Waals surface area contributed by atoms with E-state index in [9.17, 15) is 9.65 Å². The average molecular weight is 489 g/mol. The molecule has 4 rings (SSSR count). The molecule has 3 N–H and O–H groups in total. The van der Waals surface area contributed by atoms with Crippen LogP contribution in [-0.4, -0.2) is 27.9 Å². The Hall–Kier alpha value is -2.86. The molecule has 7 nitrogen and oxygen atoms in total. The highest BCUT2D eigenvalue weighted by Crippen LogP contribution is 2.37. The molecule has 2 aromatic heterocycles. The number of hydrogen-bond donors (Lipinski definition) is 2. The molecule has 0 saturated carbocycles. The van der Waals surface area contributed by atoms with Gasteiger partial charge in [-0.1, -0.05) is 23.2 Å². The lowest BCUT2D eigenvalue weighted by atomic mass is 9.86. The van der Waals surface area contributed by atoms with Crippen molar-refractivity contribution in [3.05, 3.63) is 58.2 Å². The monoisotopic (exact) mass is 488 g/mol. The van der Waals surface area contributed by atoms with E-state index in [2.05, 4.69) is 21.5 Å². The van der Waals surface area contributed by atoms with Gasteiger partial charge in [-0.15, -0.1) is 0 Å². The molecule has 10 heteroatoms. The molecule has 1 aliphatic rings. The molecular weight excluding hydrogens is 466 g/mol. The van der Waals surface area contributed by atoms with Gasteiger partial charge in [-0.2, -0.15) is 10.4 Å². The van der Waals surface area contributed by atoms with Crippen molar-refractivity contribution in [3.63, 3.8) is 0 Å². The summed E-state index contributed by atoms with van der Waals surface area (Å²) in [4.78, 5) is 4.25. The number of ether oxygens (including phenoxy) is 1. The molecule has 0 aliphatic carbocycles. The lowest BCUT2D eigenvalue weighted by Crippen LogP contribution is -2.44. The van der Waals surface area contributed by atoms with Crippen molar-refractivity contribution in [2.75, 3.05) is 18.8 Å². The molecule has 1 fully saturated rings. The molecule has 0 bridgehead atoms. The molecule has 1 aromatic carbocycles. The smallest absolute Gasteiger partial charge is 0.166 e. The fourth-order valence-corrected chi connectivity index (χ4v) is 4.81. The predicted molar refractivity (Wildman–Crippen MR) is 126 cm³/mol. The minimum Gasteiger partial charge on any atom is -0.482 e. The molecule has 33 heavy (non-hydrogen) atoms. The summed E-state index contributed by atoms with van der Waals surface area (Å²) in [5.41, 5.74) is 7.60. The van der Waals surface area contributed by atoms with E-state index in [0.29, 0.717) is 22.8 Å². The number of piperidine rings is 1. The first kappa shape index (κ1) is 23.3. The van der Waals surface area contributed by atoms with Crippen molar-refractivity contribution >= 4 is 29.0 Å². The number of rotatable bonds is 6. The fourth-order valence-electron chi connectivity index (χ4n) is 4.13. The molecule has 0 amide bonds. The van der Waals surface area contributed by atoms with E-state index in [-0.39, 0.29) is 16.4 Å². The van der Waals surface area contributed by atoms with E-state index in [1.165, 1.54) is 12.1 Å². The van der Waals surface area contributed by atoms with Crippen LogP contribution in [0.25, 0.3) is 11.1 Å². The average Bonchev–Trinajstić information content (AvgIpc) is 3.30. The highest BCUT2D eigenvalue weighted by atomic mass is 35.5. The van der Waals surface area contributed by atoms with E-state index in [0.717, 1.165) is 37.1 Å². The summed E-state index contributed by atoms with van der Waals surface area (Å²) >= 11 is 12.3. The maximum atomic E-state index is 13.9. The number of pyridine rings is 1. The van der Waals surface area contributed by atoms with Gasteiger partial charge in [0.2, 0.25) is 0 Å². The number of benzene rings is 1. The predicted octanol–water partition coefficient (Wildman–Crippen LogP) is 5.11. The van der Waals surface area contributed by atoms with Crippen LogP contribution in [0.3, 0.4) is 0 Å². The van der Waals surface area contributed by atoms with Crippen LogP contribution in [0, 0.1) is 17.1 Å². The van der Waals surface area contributed by atoms with E-state index < -0.39 is 11.9 Å². The highest BCUT2D eigenvalue weighted by Gasteiger charge is 2.34. The highest BCUT2D eigenvalue weighted by molar-refractivity contribution is 6.36. The number of nitrogens with zero attached hydrogens (tertiary/aromatic N) is 4. The third-order valence-electron chi connectivity index (χ3n) is 6.02. The van der Waals surface area contributed by atoms with Crippen LogP contribution < -0.4 is 15.8 Å². The van der Waals surface area contributed by atoms with Gasteiger partial charge in [0, 0.05) is 34.1 Å². The van der Waals surface area contributed by atoms with Crippen molar-refractivity contribution in [2.45, 2.75) is 37.8 Å². The fraction of sp³-hybridized carbons (Fsp3) is 0.348. The number of nitriles is 1. The molecule has 1 saturated heterocycles. The molecule has 1 unspecified atom stereocenters. The first-order valence-electron chi connectivity index (χ1n) is 10.5. The number of anilines is 1. The zero-order valence-corrected chi connectivity index (χ0v) is 19.5. The summed E-state index contributed by atoms with van der Waals surface area (Å²) in [5, 5.41) is 17.5. The number of hydrogen-bond acceptors (Lipinski definition) is 6. The SMILES string of the molecule is CC(Oc1cc(-c2cnn(C3(CC#N)CCNCC3)c2)cnc1N)c1c(Cl)ccc(F)c1Cl. The number of halogens is 3. The number of nitrogen functional groups attached to an aromatic ring is 1. The van der Waals surface area contributed by atoms with Crippen LogP contribution in [0.15, 0.2) is 36.8 Å². The quantitative estimate of drug-likeness (QED) is 0.467. The summed E-state index contributed by atoms with van der Waals surface area (Å²) < 4.78 is 21.8. The van der Waals surface area contributed by atoms with Gasteiger partial charge in [0.15, 0.2) is 11.6 Å². The summed E-state index contributed by atoms with van der Waals surface area (Å²) in [6.45, 7) is 3.38. The third-order valence-corrected chi connectivity index (χ3v) is 6.73. The second-order valence-corrected chi connectivity index (χ2v) is 8.89. The van der Waals surface area contributed by atoms with Crippen molar-refractivity contribution in [1.82, 2.24) is 20.1 Å².